The fraction of sp³-hybridized carbons (Fsp3) is 0.0625. The van der Waals surface area contributed by atoms with Crippen LogP contribution in [0.15, 0.2) is 207 Å². The van der Waals surface area contributed by atoms with Crippen molar-refractivity contribution in [2.24, 2.45) is 0 Å². The molecule has 0 aliphatic rings. The van der Waals surface area contributed by atoms with E-state index in [0.717, 1.165) is 88.4 Å². The summed E-state index contributed by atoms with van der Waals surface area (Å²) in [6.07, 6.45) is 3.73. The number of nitriles is 1. The van der Waals surface area contributed by atoms with Crippen molar-refractivity contribution in [2.75, 3.05) is 0 Å². The van der Waals surface area contributed by atoms with Crippen molar-refractivity contribution in [3.63, 3.8) is 0 Å². The molecule has 68 heavy (non-hydrogen) atoms. The van der Waals surface area contributed by atoms with Crippen molar-refractivity contribution in [1.82, 2.24) is 14.1 Å². The molecule has 0 unspecified atom stereocenters. The Morgan fingerprint density at radius 1 is 0.353 bits per heavy atom. The Labute approximate surface area is 396 Å². The Morgan fingerprint density at radius 2 is 0.662 bits per heavy atom. The summed E-state index contributed by atoms with van der Waals surface area (Å²) in [5, 5.41) is 15.6. The van der Waals surface area contributed by atoms with E-state index in [9.17, 15) is 5.26 Å². The average Bonchev–Trinajstić information content (AvgIpc) is 3.88. The van der Waals surface area contributed by atoms with Gasteiger partial charge in [0.15, 0.2) is 0 Å². The predicted molar refractivity (Wildman–Crippen MR) is 284 cm³/mol. The van der Waals surface area contributed by atoms with E-state index in [1.807, 2.05) is 12.4 Å². The third kappa shape index (κ3) is 6.63. The van der Waals surface area contributed by atoms with Crippen molar-refractivity contribution < 1.29 is 0 Å². The first-order valence-corrected chi connectivity index (χ1v) is 23.2. The first-order valence-electron chi connectivity index (χ1n) is 23.2. The van der Waals surface area contributed by atoms with E-state index in [1.54, 1.807) is 0 Å². The van der Waals surface area contributed by atoms with Gasteiger partial charge in [0.2, 0.25) is 0 Å². The number of aromatic nitrogens is 3. The largest absolute Gasteiger partial charge is 0.308 e. The lowest BCUT2D eigenvalue weighted by atomic mass is 9.97. The monoisotopic (exact) mass is 870 g/mol. The Morgan fingerprint density at radius 3 is 0.956 bits per heavy atom. The van der Waals surface area contributed by atoms with Gasteiger partial charge in [-0.3, -0.25) is 4.98 Å². The van der Waals surface area contributed by atoms with Gasteiger partial charge in [0, 0.05) is 39.5 Å². The Bertz CT molecular complexity index is 3590. The molecule has 0 fully saturated rings. The van der Waals surface area contributed by atoms with Crippen molar-refractivity contribution in [1.29, 1.82) is 5.26 Å². The van der Waals surface area contributed by atoms with Crippen LogP contribution in [0.25, 0.3) is 111 Å². The number of hydrogen-bond acceptors (Lipinski definition) is 2. The maximum atomic E-state index is 11.1. The molecular weight excluding hydrogens is 825 g/mol. The van der Waals surface area contributed by atoms with Crippen LogP contribution in [0.3, 0.4) is 0 Å². The number of benzene rings is 9. The fourth-order valence-corrected chi connectivity index (χ4v) is 10.7. The van der Waals surface area contributed by atoms with Crippen LogP contribution in [0.5, 0.6) is 0 Å². The lowest BCUT2D eigenvalue weighted by molar-refractivity contribution is 1.13. The van der Waals surface area contributed by atoms with Gasteiger partial charge in [-0.2, -0.15) is 5.26 Å². The second kappa shape index (κ2) is 16.3. The maximum absolute atomic E-state index is 11.1. The molecule has 3 heterocycles. The van der Waals surface area contributed by atoms with Gasteiger partial charge in [-0.15, -0.1) is 0 Å². The maximum Gasteiger partial charge on any atom is 0.0993 e. The molecule has 322 valence electrons. The summed E-state index contributed by atoms with van der Waals surface area (Å²) in [5.41, 5.74) is 23.0. The lowest BCUT2D eigenvalue weighted by Crippen LogP contribution is -2.05. The van der Waals surface area contributed by atoms with Crippen LogP contribution in [-0.2, 0) is 0 Å². The highest BCUT2D eigenvalue weighted by Crippen LogP contribution is 2.45. The topological polar surface area (TPSA) is 46.5 Å². The number of fused-ring (bicyclic) bond motifs is 6. The van der Waals surface area contributed by atoms with Crippen molar-refractivity contribution in [3.8, 4) is 73.1 Å². The number of rotatable bonds is 7. The fourth-order valence-electron chi connectivity index (χ4n) is 10.7. The van der Waals surface area contributed by atoms with Gasteiger partial charge in [0.1, 0.15) is 0 Å². The predicted octanol–water partition coefficient (Wildman–Crippen LogP) is 16.7. The number of nitrogens with zero attached hydrogens (tertiary/aromatic N) is 4. The summed E-state index contributed by atoms with van der Waals surface area (Å²) in [4.78, 5) is 4.51. The molecule has 4 nitrogen and oxygen atoms in total. The van der Waals surface area contributed by atoms with Crippen molar-refractivity contribution in [2.45, 2.75) is 27.7 Å². The van der Waals surface area contributed by atoms with E-state index in [2.05, 4.69) is 242 Å². The highest BCUT2D eigenvalue weighted by Gasteiger charge is 2.25. The summed E-state index contributed by atoms with van der Waals surface area (Å²) in [7, 11) is 0. The van der Waals surface area contributed by atoms with Gasteiger partial charge >= 0.3 is 0 Å². The minimum atomic E-state index is 0.568. The smallest absolute Gasteiger partial charge is 0.0993 e. The molecule has 3 aromatic heterocycles. The second-order valence-corrected chi connectivity index (χ2v) is 18.1. The normalized spacial score (nSPS) is 11.5. The Balaban J connectivity index is 1.20. The van der Waals surface area contributed by atoms with Gasteiger partial charge < -0.3 is 9.13 Å². The summed E-state index contributed by atoms with van der Waals surface area (Å²) in [6.45, 7) is 8.71. The first kappa shape index (κ1) is 40.7. The summed E-state index contributed by atoms with van der Waals surface area (Å²) in [5.74, 6) is 0. The third-order valence-corrected chi connectivity index (χ3v) is 14.0. The highest BCUT2D eigenvalue weighted by atomic mass is 15.0. The van der Waals surface area contributed by atoms with Crippen molar-refractivity contribution in [3.05, 3.63) is 234 Å². The van der Waals surface area contributed by atoms with Crippen LogP contribution in [0.1, 0.15) is 27.8 Å². The van der Waals surface area contributed by atoms with Gasteiger partial charge in [0.25, 0.3) is 0 Å². The summed E-state index contributed by atoms with van der Waals surface area (Å²) >= 11 is 0. The van der Waals surface area contributed by atoms with Crippen LogP contribution in [-0.4, -0.2) is 14.1 Å². The number of pyridine rings is 1. The molecule has 4 heteroatoms. The van der Waals surface area contributed by atoms with Gasteiger partial charge in [0.05, 0.1) is 45.1 Å². The van der Waals surface area contributed by atoms with Crippen LogP contribution in [0.4, 0.5) is 0 Å². The summed E-state index contributed by atoms with van der Waals surface area (Å²) < 4.78 is 4.77. The first-order chi connectivity index (χ1) is 33.3. The molecule has 0 aliphatic carbocycles. The highest BCUT2D eigenvalue weighted by molar-refractivity contribution is 6.14. The van der Waals surface area contributed by atoms with Crippen molar-refractivity contribution >= 4 is 43.6 Å². The molecule has 0 bridgehead atoms. The molecule has 0 atom stereocenters. The van der Waals surface area contributed by atoms with Gasteiger partial charge in [-0.05, 0) is 173 Å². The average molecular weight is 871 g/mol. The van der Waals surface area contributed by atoms with Gasteiger partial charge in [-0.1, -0.05) is 121 Å². The quantitative estimate of drug-likeness (QED) is 0.160. The standard InChI is InChI=1S/C64H46N4/c1-40-13-5-9-17-50(40)46-21-25-58-54(35-46)55-36-47(51-18-10-6-14-41(51)2)22-26-59(55)67(58)62-33-44(39-65)34-63(64(62)45-29-31-66-32-30-45)68-60-27-23-48(52-19-11-7-15-42(52)3)37-56(60)57-38-49(24-28-61(57)68)53-20-12-8-16-43(53)4/h5-38H,1-4H3. The number of aryl methyl sites for hydroxylation is 4. The lowest BCUT2D eigenvalue weighted by Gasteiger charge is -2.21. The SMILES string of the molecule is Cc1ccccc1-c1ccc2c(c1)c1cc(-c3ccccc3C)ccc1n2-c1cc(C#N)cc(-n2c3ccc(-c4ccccc4C)cc3c3cc(-c4ccccc4C)ccc32)c1-c1ccncc1. The zero-order valence-electron chi connectivity index (χ0n) is 38.4. The Hall–Kier alpha value is -8.78. The molecule has 12 rings (SSSR count). The molecule has 9 aromatic carbocycles. The van der Waals surface area contributed by atoms with Crippen LogP contribution < -0.4 is 0 Å². The van der Waals surface area contributed by atoms with Gasteiger partial charge in [-0.25, -0.2) is 0 Å². The molecule has 0 N–H and O–H groups in total. The number of hydrogen-bond donors (Lipinski definition) is 0. The van der Waals surface area contributed by atoms with E-state index in [-0.39, 0.29) is 0 Å². The van der Waals surface area contributed by atoms with E-state index in [0.29, 0.717) is 5.56 Å². The molecule has 0 spiro atoms. The minimum Gasteiger partial charge on any atom is -0.308 e. The molecule has 0 saturated heterocycles. The zero-order valence-corrected chi connectivity index (χ0v) is 38.4. The molecule has 12 aromatic rings. The minimum absolute atomic E-state index is 0.568. The van der Waals surface area contributed by atoms with E-state index >= 15 is 0 Å². The van der Waals surface area contributed by atoms with E-state index in [4.69, 9.17) is 0 Å². The van der Waals surface area contributed by atoms with E-state index in [1.165, 1.54) is 44.5 Å². The molecule has 0 saturated carbocycles. The van der Waals surface area contributed by atoms with Crippen LogP contribution >= 0.6 is 0 Å². The third-order valence-electron chi connectivity index (χ3n) is 14.0. The molecule has 0 radical (unpaired) electrons. The summed E-state index contributed by atoms with van der Waals surface area (Å²) in [6, 6.07) is 72.8. The zero-order chi connectivity index (χ0) is 46.0. The molecule has 0 amide bonds. The van der Waals surface area contributed by atoms with Crippen LogP contribution in [0, 0.1) is 39.0 Å². The molecule has 0 aliphatic heterocycles. The van der Waals surface area contributed by atoms with Crippen LogP contribution in [0.2, 0.25) is 0 Å². The van der Waals surface area contributed by atoms with E-state index < -0.39 is 0 Å². The Kier molecular flexibility index (Phi) is 9.74. The molecular formula is C64H46N4. The second-order valence-electron chi connectivity index (χ2n) is 18.1.